The maximum Gasteiger partial charge on any atom is 0.261 e. The Balaban J connectivity index is 0.000000120. The lowest BCUT2D eigenvalue weighted by Gasteiger charge is -2.32. The number of hydrogen-bond donors (Lipinski definition) is 17. The molecular weight excluding hydrogens is 1960 g/mol. The lowest BCUT2D eigenvalue weighted by molar-refractivity contribution is 0.0340. The van der Waals surface area contributed by atoms with E-state index in [1.54, 1.807) is 49.8 Å². The topological polar surface area (TPSA) is 501 Å². The highest BCUT2D eigenvalue weighted by Crippen LogP contribution is 2.39. The Kier molecular flexibility index (Phi) is 29.6. The molecule has 2 aliphatic rings. The Labute approximate surface area is 836 Å². The van der Waals surface area contributed by atoms with Crippen LogP contribution in [0, 0.1) is 41.8 Å². The van der Waals surface area contributed by atoms with Gasteiger partial charge in [-0.3, -0.25) is 59.3 Å². The fourth-order valence-corrected chi connectivity index (χ4v) is 17.1. The van der Waals surface area contributed by atoms with E-state index in [4.69, 9.17) is 44.3 Å². The fourth-order valence-electron chi connectivity index (χ4n) is 16.1. The van der Waals surface area contributed by atoms with Crippen molar-refractivity contribution >= 4 is 137 Å². The third kappa shape index (κ3) is 21.9. The van der Waals surface area contributed by atoms with E-state index in [1.807, 2.05) is 97.9 Å². The van der Waals surface area contributed by atoms with Gasteiger partial charge < -0.3 is 76.1 Å². The summed E-state index contributed by atoms with van der Waals surface area (Å²) in [6.07, 6.45) is 8.70. The molecule has 2 aliphatic heterocycles. The molecule has 0 radical (unpaired) electrons. The van der Waals surface area contributed by atoms with Crippen LogP contribution in [-0.4, -0.2) is 222 Å². The number of aryl methyl sites for hydroxylation is 1. The number of aromatic nitrogens is 20. The number of ether oxygens (including phenoxy) is 2. The van der Waals surface area contributed by atoms with Gasteiger partial charge in [0.2, 0.25) is 0 Å². The van der Waals surface area contributed by atoms with Gasteiger partial charge in [0.05, 0.1) is 157 Å². The molecule has 0 aliphatic carbocycles. The normalized spacial score (nSPS) is 12.7. The molecule has 37 nitrogen and oxygen atoms in total. The van der Waals surface area contributed by atoms with Crippen LogP contribution in [0.15, 0.2) is 225 Å². The quantitative estimate of drug-likeness (QED) is 0.0297. The number of amides is 5. The van der Waals surface area contributed by atoms with Crippen LogP contribution in [0.2, 0.25) is 15.1 Å². The van der Waals surface area contributed by atoms with Gasteiger partial charge in [-0.15, -0.1) is 0 Å². The maximum absolute atomic E-state index is 14.0. The fraction of sp³-hybridized carbons (Fsp3) is 0.130. The number of anilines is 5. The number of halogens is 9. The number of nitrogens with one attached hydrogen (secondary N) is 15. The lowest BCUT2D eigenvalue weighted by Crippen LogP contribution is -2.43. The molecule has 17 N–H and O–H groups in total. The number of nitrogens with zero attached hydrogens (tertiary/aromatic N) is 13. The minimum absolute atomic E-state index is 0.125. The molecule has 2 fully saturated rings. The van der Waals surface area contributed by atoms with E-state index in [9.17, 15) is 60.5 Å². The van der Waals surface area contributed by atoms with Gasteiger partial charge in [0.25, 0.3) is 29.5 Å². The third-order valence-electron chi connectivity index (χ3n) is 23.5. The highest BCUT2D eigenvalue weighted by molar-refractivity contribution is 6.42. The predicted molar refractivity (Wildman–Crippen MR) is 537 cm³/mol. The standard InChI is InChI=1S/C23H23F2N7O2.C22H20F2N6O3.C19H13F2N5O.C19H17N5O2.C17H10Cl3N5O/c1-31-7-9-32(10-8-31)12-13-18(33)6-5-16-20(13)29-22(27-16)21-17(11-26-30-21)28-23(34)19-14(24)3-2-4-15(19)25;23-13-2-1-3-14(24)18(13)22(32)27-16-10-25-29-20(16)21-26-15-4-5-17(31)12(19(15)28-21)11-30-6-8-33-9-7-30;20-12-7-4-8-13(21)16(12)19(27)25-15-10-23-26-17(15)18-22-9-14(24-18)11-5-2-1-3-6-11;1-11-6-5-9-15(26-2)16(11)19(25)23-14-10-20-24-17(14)18-21-12-7-3-4-8-13(12)22-18;18-8-5-9(19)14(10(20)6-8)17(26)24-13-7-21-25-15(13)16-22-11-3-1-2-4-12(11)23-16/h2-6,11,33H,7-10,12H2,1H3,(H,26,30)(H,27,29)(H,28,34);1-5,10,31H,6-9,11H2,(H,25,29)(H,26,28)(H,27,32);1-10H,(H,22,24)(H,23,26)(H,25,27);3-10H,1-2H3,(H,20,24)(H,21,22)(H,23,25);1-7H,(H,21,25)(H,22,23)(H,24,26). The predicted octanol–water partition coefficient (Wildman–Crippen LogP) is 18.6. The number of likely N-dealkylation sites (N-methyl/N-ethyl adjacent to an activating group) is 1. The number of phenolic OH excluding ortho intramolecular Hbond substituents is 2. The van der Waals surface area contributed by atoms with Crippen molar-refractivity contribution in [3.63, 3.8) is 0 Å². The largest absolute Gasteiger partial charge is 0.508 e. The summed E-state index contributed by atoms with van der Waals surface area (Å²) in [5.74, 6) is -6.20. The molecule has 22 rings (SSSR count). The summed E-state index contributed by atoms with van der Waals surface area (Å²) in [5, 5.41) is 68.5. The third-order valence-corrected chi connectivity index (χ3v) is 24.3. The number of aromatic amines is 10. The Morgan fingerprint density at radius 3 is 1.15 bits per heavy atom. The van der Waals surface area contributed by atoms with Crippen molar-refractivity contribution in [3.8, 4) is 86.1 Å². The number of rotatable bonds is 21. The van der Waals surface area contributed by atoms with Crippen molar-refractivity contribution in [2.24, 2.45) is 0 Å². The molecule has 0 spiro atoms. The molecule has 740 valence electrons. The van der Waals surface area contributed by atoms with E-state index < -0.39 is 75.2 Å². The number of carbonyl (C=O) groups is 5. The zero-order valence-corrected chi connectivity index (χ0v) is 79.2. The Bertz CT molecular complexity index is 8070. The van der Waals surface area contributed by atoms with Gasteiger partial charge in [-0.1, -0.05) is 120 Å². The molecule has 46 heteroatoms. The van der Waals surface area contributed by atoms with E-state index in [1.165, 1.54) is 55.1 Å². The van der Waals surface area contributed by atoms with Crippen LogP contribution in [0.25, 0.3) is 113 Å². The van der Waals surface area contributed by atoms with Crippen molar-refractivity contribution in [1.29, 1.82) is 0 Å². The summed E-state index contributed by atoms with van der Waals surface area (Å²) >= 11 is 18.1. The van der Waals surface area contributed by atoms with Gasteiger partial charge in [0.1, 0.15) is 97.3 Å². The zero-order valence-electron chi connectivity index (χ0n) is 76.9. The Morgan fingerprint density at radius 2 is 0.747 bits per heavy atom. The first-order valence-corrected chi connectivity index (χ1v) is 45.9. The van der Waals surface area contributed by atoms with Gasteiger partial charge in [-0.25, -0.2) is 51.3 Å². The van der Waals surface area contributed by atoms with E-state index in [2.05, 4.69) is 149 Å². The first-order valence-electron chi connectivity index (χ1n) is 44.7. The van der Waals surface area contributed by atoms with Crippen LogP contribution in [0.3, 0.4) is 0 Å². The molecule has 2 saturated heterocycles. The number of morpholine rings is 1. The SMILES string of the molecule is CN1CCN(Cc2c(O)ccc3[nH]c(-c4[nH]ncc4NC(=O)c4c(F)cccc4F)nc23)CC1.COc1cccc(C)c1C(=O)Nc1cn[nH]c1-c1nc2ccccc2[nH]1.O=C(Nc1cn[nH]c1-c1nc2c(CN3CCOCC3)c(O)ccc2[nH]1)c1c(F)cccc1F.O=C(Nc1cn[nH]c1-c1nc2ccccc2[nH]1)c1c(Cl)cc(Cl)cc1Cl.O=C(Nc1cn[nH]c1-c1ncc(-c2ccccc2)[nH]1)c1c(F)cccc1F. The minimum Gasteiger partial charge on any atom is -0.508 e. The number of benzene rings is 10. The molecular formula is C100H83Cl3F6N28O9. The van der Waals surface area contributed by atoms with Crippen LogP contribution < -0.4 is 31.3 Å². The van der Waals surface area contributed by atoms with E-state index in [-0.39, 0.29) is 50.1 Å². The number of para-hydroxylation sites is 4. The Hall–Kier alpha value is -17.6. The number of phenols is 2. The van der Waals surface area contributed by atoms with Crippen molar-refractivity contribution in [2.75, 3.05) is 93.2 Å². The van der Waals surface area contributed by atoms with Crippen LogP contribution >= 0.6 is 34.8 Å². The number of fused-ring (bicyclic) bond motifs is 4. The molecule has 0 atom stereocenters. The molecule has 10 aromatic heterocycles. The van der Waals surface area contributed by atoms with Crippen molar-refractivity contribution in [2.45, 2.75) is 20.0 Å². The van der Waals surface area contributed by atoms with Gasteiger partial charge >= 0.3 is 0 Å². The average molecular weight is 2040 g/mol. The second-order valence-corrected chi connectivity index (χ2v) is 34.3. The number of hydrogen-bond acceptors (Lipinski definition) is 22. The smallest absolute Gasteiger partial charge is 0.261 e. The number of carbonyl (C=O) groups excluding carboxylic acids is 5. The molecule has 0 bridgehead atoms. The van der Waals surface area contributed by atoms with Crippen molar-refractivity contribution < 1.29 is 70.0 Å². The highest BCUT2D eigenvalue weighted by Gasteiger charge is 2.30. The average Bonchev–Trinajstić information content (AvgIpc) is 1.64. The number of imidazole rings is 5. The maximum atomic E-state index is 14.0. The number of methoxy groups -OCH3 is 1. The summed E-state index contributed by atoms with van der Waals surface area (Å²) < 4.78 is 94.3. The minimum atomic E-state index is -0.968. The second-order valence-electron chi connectivity index (χ2n) is 33.0. The van der Waals surface area contributed by atoms with Crippen LogP contribution in [0.4, 0.5) is 54.8 Å². The summed E-state index contributed by atoms with van der Waals surface area (Å²) in [6, 6.07) is 49.6. The van der Waals surface area contributed by atoms with E-state index in [0.717, 1.165) is 115 Å². The van der Waals surface area contributed by atoms with Crippen LogP contribution in [0.5, 0.6) is 17.2 Å². The van der Waals surface area contributed by atoms with Gasteiger partial charge in [0.15, 0.2) is 29.1 Å². The summed E-state index contributed by atoms with van der Waals surface area (Å²) in [5.41, 5.74) is 12.3. The molecule has 12 heterocycles. The van der Waals surface area contributed by atoms with Crippen LogP contribution in [-0.2, 0) is 17.8 Å². The molecule has 20 aromatic rings. The molecule has 10 aromatic carbocycles. The summed E-state index contributed by atoms with van der Waals surface area (Å²) in [6.45, 7) is 9.31. The summed E-state index contributed by atoms with van der Waals surface area (Å²) in [7, 11) is 3.63. The van der Waals surface area contributed by atoms with Crippen LogP contribution in [0.1, 0.15) is 68.5 Å². The monoisotopic (exact) mass is 2040 g/mol. The number of aromatic hydroxyl groups is 2. The van der Waals surface area contributed by atoms with Gasteiger partial charge in [-0.2, -0.15) is 25.5 Å². The zero-order chi connectivity index (χ0) is 102. The van der Waals surface area contributed by atoms with Gasteiger partial charge in [0, 0.05) is 68.5 Å². The first kappa shape index (κ1) is 98.6. The van der Waals surface area contributed by atoms with E-state index >= 15 is 0 Å². The first-order chi connectivity index (χ1) is 70.7. The highest BCUT2D eigenvalue weighted by atomic mass is 35.5. The number of H-pyrrole nitrogens is 10. The van der Waals surface area contributed by atoms with Gasteiger partial charge in [-0.05, 0) is 128 Å². The van der Waals surface area contributed by atoms with E-state index in [0.29, 0.717) is 145 Å². The molecule has 146 heavy (non-hydrogen) atoms. The number of piperazine rings is 1. The van der Waals surface area contributed by atoms with Crippen molar-refractivity contribution in [1.82, 2.24) is 116 Å². The summed E-state index contributed by atoms with van der Waals surface area (Å²) in [4.78, 5) is 108. The molecule has 0 saturated carbocycles. The lowest BCUT2D eigenvalue weighted by atomic mass is 10.1. The molecule has 0 unspecified atom stereocenters. The van der Waals surface area contributed by atoms with Crippen molar-refractivity contribution in [3.05, 3.63) is 320 Å². The Morgan fingerprint density at radius 1 is 0.390 bits per heavy atom. The second kappa shape index (κ2) is 43.9. The molecule has 5 amide bonds.